The number of hydrogen-bond donors (Lipinski definition) is 2. The van der Waals surface area contributed by atoms with Gasteiger partial charge >= 0.3 is 0 Å². The summed E-state index contributed by atoms with van der Waals surface area (Å²) in [6.07, 6.45) is 2.66. The third kappa shape index (κ3) is 6.32. The van der Waals surface area contributed by atoms with Crippen LogP contribution in [0.2, 0.25) is 0 Å². The molecule has 9 heteroatoms. The smallest absolute Gasteiger partial charge is 0.263 e. The average Bonchev–Trinajstić information content (AvgIpc) is 3.04. The van der Waals surface area contributed by atoms with Crippen LogP contribution in [-0.2, 0) is 16.0 Å². The molecular weight excluding hydrogens is 500 g/mol. The summed E-state index contributed by atoms with van der Waals surface area (Å²) in [5.74, 6) is 0.375. The number of amides is 2. The minimum absolute atomic E-state index is 0.179. The normalized spacial score (nSPS) is 14.5. The average molecular weight is 521 g/mol. The topological polar surface area (TPSA) is 76.7 Å². The summed E-state index contributed by atoms with van der Waals surface area (Å²) >= 11 is 9.70. The molecule has 0 atom stereocenters. The molecule has 1 aliphatic rings. The van der Waals surface area contributed by atoms with Gasteiger partial charge in [0.25, 0.3) is 11.8 Å². The molecule has 6 nitrogen and oxygen atoms in total. The van der Waals surface area contributed by atoms with E-state index < -0.39 is 0 Å². The Morgan fingerprint density at radius 3 is 2.58 bits per heavy atom. The first kappa shape index (κ1) is 23.3. The van der Waals surface area contributed by atoms with Crippen molar-refractivity contribution >= 4 is 67.8 Å². The van der Waals surface area contributed by atoms with Crippen molar-refractivity contribution in [1.29, 1.82) is 0 Å². The van der Waals surface area contributed by atoms with Crippen LogP contribution in [0.3, 0.4) is 0 Å². The van der Waals surface area contributed by atoms with Crippen LogP contribution in [0.15, 0.2) is 45.8 Å². The molecule has 1 fully saturated rings. The summed E-state index contributed by atoms with van der Waals surface area (Å²) in [6, 6.07) is 11.2. The predicted octanol–water partition coefficient (Wildman–Crippen LogP) is 4.92. The van der Waals surface area contributed by atoms with Crippen LogP contribution < -0.4 is 20.1 Å². The quantitative estimate of drug-likeness (QED) is 0.380. The summed E-state index contributed by atoms with van der Waals surface area (Å²) in [6.45, 7) is 4.17. The lowest BCUT2D eigenvalue weighted by molar-refractivity contribution is -0.118. The molecule has 2 aromatic rings. The Bertz CT molecular complexity index is 1040. The summed E-state index contributed by atoms with van der Waals surface area (Å²) in [5.41, 5.74) is 2.65. The van der Waals surface area contributed by atoms with E-state index in [1.807, 2.05) is 31.2 Å². The van der Waals surface area contributed by atoms with E-state index in [1.165, 1.54) is 17.3 Å². The van der Waals surface area contributed by atoms with Gasteiger partial charge in [-0.15, -0.1) is 0 Å². The summed E-state index contributed by atoms with van der Waals surface area (Å²) in [5, 5.41) is 5.40. The highest BCUT2D eigenvalue weighted by Crippen LogP contribution is 2.38. The molecule has 0 radical (unpaired) electrons. The number of ether oxygens (including phenoxy) is 2. The van der Waals surface area contributed by atoms with Crippen molar-refractivity contribution in [3.05, 3.63) is 56.9 Å². The van der Waals surface area contributed by atoms with E-state index in [1.54, 1.807) is 18.2 Å². The van der Waals surface area contributed by atoms with E-state index >= 15 is 0 Å². The Hall–Kier alpha value is -2.36. The number of halogens is 1. The molecule has 0 bridgehead atoms. The highest BCUT2D eigenvalue weighted by molar-refractivity contribution is 9.10. The molecular formula is C22H21BrN2O4S2. The molecule has 2 N–H and O–H groups in total. The van der Waals surface area contributed by atoms with Gasteiger partial charge in [-0.25, -0.2) is 0 Å². The van der Waals surface area contributed by atoms with Crippen LogP contribution in [0.4, 0.5) is 5.69 Å². The number of carbonyl (C=O) groups is 2. The maximum absolute atomic E-state index is 12.3. The van der Waals surface area contributed by atoms with Gasteiger partial charge in [-0.3, -0.25) is 9.59 Å². The number of anilines is 1. The van der Waals surface area contributed by atoms with Gasteiger partial charge in [0.15, 0.2) is 18.1 Å². The highest BCUT2D eigenvalue weighted by atomic mass is 79.9. The number of rotatable bonds is 8. The third-order valence-electron chi connectivity index (χ3n) is 4.27. The van der Waals surface area contributed by atoms with Gasteiger partial charge in [-0.1, -0.05) is 43.0 Å². The second-order valence-electron chi connectivity index (χ2n) is 6.50. The molecule has 0 spiro atoms. The number of benzene rings is 2. The molecule has 1 saturated heterocycles. The Labute approximate surface area is 198 Å². The number of hydrogen-bond acceptors (Lipinski definition) is 6. The van der Waals surface area contributed by atoms with Gasteiger partial charge in [0.1, 0.15) is 4.32 Å². The van der Waals surface area contributed by atoms with Crippen molar-refractivity contribution in [3.63, 3.8) is 0 Å². The van der Waals surface area contributed by atoms with Crippen LogP contribution in [0.1, 0.15) is 25.0 Å². The second kappa shape index (κ2) is 10.8. The van der Waals surface area contributed by atoms with Crippen LogP contribution in [0.25, 0.3) is 6.08 Å². The predicted molar refractivity (Wildman–Crippen MR) is 132 cm³/mol. The molecule has 2 amide bonds. The van der Waals surface area contributed by atoms with Gasteiger partial charge in [0, 0.05) is 5.69 Å². The zero-order valence-electron chi connectivity index (χ0n) is 17.0. The molecule has 0 saturated carbocycles. The molecule has 1 heterocycles. The first-order valence-electron chi connectivity index (χ1n) is 9.62. The first-order chi connectivity index (χ1) is 14.9. The van der Waals surface area contributed by atoms with E-state index in [-0.39, 0.29) is 18.4 Å². The molecule has 1 aliphatic heterocycles. The third-order valence-corrected chi connectivity index (χ3v) is 6.02. The number of thioether (sulfide) groups is 1. The molecule has 0 aromatic heterocycles. The van der Waals surface area contributed by atoms with Gasteiger partial charge in [-0.05, 0) is 70.7 Å². The highest BCUT2D eigenvalue weighted by Gasteiger charge is 2.22. The molecule has 2 aromatic carbocycles. The van der Waals surface area contributed by atoms with E-state index in [0.717, 1.165) is 12.0 Å². The number of nitrogens with one attached hydrogen (secondary N) is 2. The lowest BCUT2D eigenvalue weighted by Crippen LogP contribution is -2.20. The van der Waals surface area contributed by atoms with Crippen LogP contribution in [-0.4, -0.2) is 29.3 Å². The fourth-order valence-electron chi connectivity index (χ4n) is 2.81. The number of carbonyl (C=O) groups excluding carboxylic acids is 2. The van der Waals surface area contributed by atoms with E-state index in [0.29, 0.717) is 37.5 Å². The summed E-state index contributed by atoms with van der Waals surface area (Å²) in [4.78, 5) is 24.7. The van der Waals surface area contributed by atoms with Gasteiger partial charge in [-0.2, -0.15) is 0 Å². The van der Waals surface area contributed by atoms with Crippen LogP contribution >= 0.6 is 39.9 Å². The fraction of sp³-hybridized carbons (Fsp3) is 0.227. The van der Waals surface area contributed by atoms with E-state index in [2.05, 4.69) is 33.5 Å². The Balaban J connectivity index is 1.72. The van der Waals surface area contributed by atoms with Crippen molar-refractivity contribution in [2.45, 2.75) is 20.3 Å². The first-order valence-corrected chi connectivity index (χ1v) is 11.6. The zero-order chi connectivity index (χ0) is 22.4. The maximum atomic E-state index is 12.3. The van der Waals surface area contributed by atoms with Crippen LogP contribution in [0, 0.1) is 0 Å². The molecule has 3 rings (SSSR count). The van der Waals surface area contributed by atoms with Gasteiger partial charge in [0.2, 0.25) is 0 Å². The van der Waals surface area contributed by atoms with Crippen LogP contribution in [0.5, 0.6) is 11.5 Å². The minimum Gasteiger partial charge on any atom is -0.490 e. The van der Waals surface area contributed by atoms with Crippen molar-refractivity contribution in [1.82, 2.24) is 5.32 Å². The summed E-state index contributed by atoms with van der Waals surface area (Å²) in [7, 11) is 0. The standard InChI is InChI=1S/C22H21BrN2O4S2/c1-3-13-5-7-15(8-6-13)24-19(26)12-29-20-16(23)9-14(10-17(20)28-4-2)11-18-21(27)25-22(30)31-18/h5-11H,3-4,12H2,1-2H3,(H,24,26)(H,25,27,30)/b18-11-. The fourth-order valence-corrected chi connectivity index (χ4v) is 4.42. The Kier molecular flexibility index (Phi) is 8.11. The SMILES string of the molecule is CCOc1cc(/C=C2\SC(=S)NC2=O)cc(Br)c1OCC(=O)Nc1ccc(CC)cc1. The maximum Gasteiger partial charge on any atom is 0.263 e. The Morgan fingerprint density at radius 2 is 1.97 bits per heavy atom. The zero-order valence-corrected chi connectivity index (χ0v) is 20.2. The van der Waals surface area contributed by atoms with Gasteiger partial charge < -0.3 is 20.1 Å². The lowest BCUT2D eigenvalue weighted by Gasteiger charge is -2.15. The van der Waals surface area contributed by atoms with Gasteiger partial charge in [0.05, 0.1) is 16.0 Å². The summed E-state index contributed by atoms with van der Waals surface area (Å²) < 4.78 is 12.5. The molecule has 31 heavy (non-hydrogen) atoms. The number of thiocarbonyl (C=S) groups is 1. The monoisotopic (exact) mass is 520 g/mol. The molecule has 0 aliphatic carbocycles. The lowest BCUT2D eigenvalue weighted by atomic mass is 10.1. The second-order valence-corrected chi connectivity index (χ2v) is 9.08. The minimum atomic E-state index is -0.280. The Morgan fingerprint density at radius 1 is 1.23 bits per heavy atom. The van der Waals surface area contributed by atoms with E-state index in [4.69, 9.17) is 21.7 Å². The van der Waals surface area contributed by atoms with Crippen molar-refractivity contribution in [2.75, 3.05) is 18.5 Å². The van der Waals surface area contributed by atoms with Crippen molar-refractivity contribution < 1.29 is 19.1 Å². The van der Waals surface area contributed by atoms with Crippen molar-refractivity contribution in [2.24, 2.45) is 0 Å². The molecule has 162 valence electrons. The van der Waals surface area contributed by atoms with E-state index in [9.17, 15) is 9.59 Å². The largest absolute Gasteiger partial charge is 0.490 e. The van der Waals surface area contributed by atoms with Crippen molar-refractivity contribution in [3.8, 4) is 11.5 Å². The molecule has 0 unspecified atom stereocenters. The number of aryl methyl sites for hydroxylation is 1.